The minimum atomic E-state index is -4.23. The molecule has 0 aliphatic carbocycles. The summed E-state index contributed by atoms with van der Waals surface area (Å²) >= 11 is 5.74. The minimum absolute atomic E-state index is 0.216. The molecular weight excluding hydrogens is 229 g/mol. The summed E-state index contributed by atoms with van der Waals surface area (Å²) in [5.74, 6) is 0. The standard InChI is InChI=1S/C9H6ClF3N2/c10-8-6-2-4-15(5-9(11,12)13)7(6)1-3-14-8/h1-4H,5H2. The van der Waals surface area contributed by atoms with E-state index in [0.29, 0.717) is 10.9 Å². The number of pyridine rings is 1. The normalized spacial score (nSPS) is 12.3. The van der Waals surface area contributed by atoms with Crippen molar-refractivity contribution in [2.24, 2.45) is 0 Å². The van der Waals surface area contributed by atoms with Crippen LogP contribution in [0.15, 0.2) is 24.5 Å². The van der Waals surface area contributed by atoms with Crippen molar-refractivity contribution in [2.45, 2.75) is 12.7 Å². The highest BCUT2D eigenvalue weighted by Gasteiger charge is 2.28. The maximum Gasteiger partial charge on any atom is 0.406 e. The third-order valence-electron chi connectivity index (χ3n) is 2.00. The van der Waals surface area contributed by atoms with Gasteiger partial charge in [0.1, 0.15) is 11.7 Å². The molecule has 80 valence electrons. The quantitative estimate of drug-likeness (QED) is 0.693. The summed E-state index contributed by atoms with van der Waals surface area (Å²) in [6, 6.07) is 3.03. The molecule has 0 saturated carbocycles. The molecule has 0 spiro atoms. The van der Waals surface area contributed by atoms with Crippen LogP contribution in [0.2, 0.25) is 5.15 Å². The van der Waals surface area contributed by atoms with Crippen molar-refractivity contribution in [1.29, 1.82) is 0 Å². The second-order valence-electron chi connectivity index (χ2n) is 3.09. The van der Waals surface area contributed by atoms with E-state index in [-0.39, 0.29) is 5.15 Å². The third-order valence-corrected chi connectivity index (χ3v) is 2.30. The van der Waals surface area contributed by atoms with Crippen molar-refractivity contribution in [3.05, 3.63) is 29.7 Å². The molecule has 0 saturated heterocycles. The Bertz CT molecular complexity index is 490. The number of fused-ring (bicyclic) bond motifs is 1. The SMILES string of the molecule is FC(F)(F)Cn1ccc2c(Cl)nccc21. The molecule has 2 heterocycles. The topological polar surface area (TPSA) is 17.8 Å². The maximum atomic E-state index is 12.2. The largest absolute Gasteiger partial charge is 0.406 e. The van der Waals surface area contributed by atoms with Crippen molar-refractivity contribution in [1.82, 2.24) is 9.55 Å². The van der Waals surface area contributed by atoms with Gasteiger partial charge in [0.15, 0.2) is 0 Å². The van der Waals surface area contributed by atoms with E-state index in [0.717, 1.165) is 4.57 Å². The van der Waals surface area contributed by atoms with E-state index < -0.39 is 12.7 Å². The van der Waals surface area contributed by atoms with Crippen LogP contribution in [-0.4, -0.2) is 15.7 Å². The molecule has 0 aliphatic rings. The van der Waals surface area contributed by atoms with Gasteiger partial charge in [-0.25, -0.2) is 4.98 Å². The lowest BCUT2D eigenvalue weighted by molar-refractivity contribution is -0.139. The van der Waals surface area contributed by atoms with Gasteiger partial charge >= 0.3 is 6.18 Å². The smallest absolute Gasteiger partial charge is 0.338 e. The van der Waals surface area contributed by atoms with Gasteiger partial charge in [-0.3, -0.25) is 0 Å². The van der Waals surface area contributed by atoms with Gasteiger partial charge in [0.2, 0.25) is 0 Å². The minimum Gasteiger partial charge on any atom is -0.338 e. The van der Waals surface area contributed by atoms with Crippen LogP contribution >= 0.6 is 11.6 Å². The Morgan fingerprint density at radius 1 is 1.33 bits per heavy atom. The van der Waals surface area contributed by atoms with Crippen molar-refractivity contribution < 1.29 is 13.2 Å². The summed E-state index contributed by atoms with van der Waals surface area (Å²) in [5, 5.41) is 0.747. The molecule has 0 unspecified atom stereocenters. The summed E-state index contributed by atoms with van der Waals surface area (Å²) in [7, 11) is 0. The van der Waals surface area contributed by atoms with Gasteiger partial charge in [-0.05, 0) is 12.1 Å². The van der Waals surface area contributed by atoms with Crippen LogP contribution in [0.5, 0.6) is 0 Å². The fourth-order valence-corrected chi connectivity index (χ4v) is 1.63. The molecular formula is C9H6ClF3N2. The van der Waals surface area contributed by atoms with Crippen LogP contribution < -0.4 is 0 Å². The summed E-state index contributed by atoms with van der Waals surface area (Å²) in [5.41, 5.74) is 0.437. The molecule has 2 nitrogen and oxygen atoms in total. The zero-order valence-corrected chi connectivity index (χ0v) is 8.18. The highest BCUT2D eigenvalue weighted by atomic mass is 35.5. The van der Waals surface area contributed by atoms with E-state index in [2.05, 4.69) is 4.98 Å². The molecule has 15 heavy (non-hydrogen) atoms. The maximum absolute atomic E-state index is 12.2. The first-order valence-corrected chi connectivity index (χ1v) is 4.51. The summed E-state index contributed by atoms with van der Waals surface area (Å²) in [6.07, 6.45) is -1.50. The third kappa shape index (κ3) is 2.07. The van der Waals surface area contributed by atoms with Crippen molar-refractivity contribution >= 4 is 22.5 Å². The first-order chi connectivity index (χ1) is 6.97. The lowest BCUT2D eigenvalue weighted by Crippen LogP contribution is -2.16. The number of rotatable bonds is 1. The lowest BCUT2D eigenvalue weighted by atomic mass is 10.3. The number of nitrogens with zero attached hydrogens (tertiary/aromatic N) is 2. The molecule has 2 rings (SSSR count). The predicted molar refractivity (Wildman–Crippen MR) is 50.8 cm³/mol. The molecule has 2 aromatic heterocycles. The molecule has 0 atom stereocenters. The van der Waals surface area contributed by atoms with Crippen molar-refractivity contribution in [2.75, 3.05) is 0 Å². The van der Waals surface area contributed by atoms with Gasteiger partial charge in [-0.15, -0.1) is 0 Å². The average Bonchev–Trinajstić information content (AvgIpc) is 2.48. The number of halogens is 4. The number of hydrogen-bond donors (Lipinski definition) is 0. The van der Waals surface area contributed by atoms with Gasteiger partial charge in [0.05, 0.1) is 5.52 Å². The predicted octanol–water partition coefficient (Wildman–Crippen LogP) is 3.25. The first-order valence-electron chi connectivity index (χ1n) is 4.13. The Kier molecular flexibility index (Phi) is 2.34. The van der Waals surface area contributed by atoms with Crippen LogP contribution in [0.4, 0.5) is 13.2 Å². The van der Waals surface area contributed by atoms with Gasteiger partial charge in [-0.2, -0.15) is 13.2 Å². The molecule has 0 radical (unpaired) electrons. The van der Waals surface area contributed by atoms with E-state index in [1.54, 1.807) is 0 Å². The summed E-state index contributed by atoms with van der Waals surface area (Å²) < 4.78 is 37.6. The molecule has 0 fully saturated rings. The number of hydrogen-bond acceptors (Lipinski definition) is 1. The van der Waals surface area contributed by atoms with Gasteiger partial charge < -0.3 is 4.57 Å². The molecule has 0 N–H and O–H groups in total. The second-order valence-corrected chi connectivity index (χ2v) is 3.45. The fraction of sp³-hybridized carbons (Fsp3) is 0.222. The Labute approximate surface area is 88.3 Å². The zero-order valence-electron chi connectivity index (χ0n) is 7.42. The molecule has 0 aliphatic heterocycles. The fourth-order valence-electron chi connectivity index (χ4n) is 1.42. The van der Waals surface area contributed by atoms with Crippen molar-refractivity contribution in [3.63, 3.8) is 0 Å². The summed E-state index contributed by atoms with van der Waals surface area (Å²) in [4.78, 5) is 3.79. The van der Waals surface area contributed by atoms with Crippen LogP contribution in [0.25, 0.3) is 10.9 Å². The van der Waals surface area contributed by atoms with Gasteiger partial charge in [-0.1, -0.05) is 11.6 Å². The average molecular weight is 235 g/mol. The highest BCUT2D eigenvalue weighted by molar-refractivity contribution is 6.34. The Morgan fingerprint density at radius 3 is 2.73 bits per heavy atom. The first kappa shape index (κ1) is 10.3. The van der Waals surface area contributed by atoms with E-state index in [9.17, 15) is 13.2 Å². The van der Waals surface area contributed by atoms with Gasteiger partial charge in [0.25, 0.3) is 0 Å². The van der Waals surface area contributed by atoms with Crippen LogP contribution in [0.1, 0.15) is 0 Å². The number of aromatic nitrogens is 2. The monoisotopic (exact) mass is 234 g/mol. The Balaban J connectivity index is 2.50. The second kappa shape index (κ2) is 3.41. The molecule has 6 heteroatoms. The van der Waals surface area contributed by atoms with Crippen molar-refractivity contribution in [3.8, 4) is 0 Å². The molecule has 0 aromatic carbocycles. The van der Waals surface area contributed by atoms with E-state index in [1.165, 1.54) is 24.5 Å². The van der Waals surface area contributed by atoms with Crippen LogP contribution in [0.3, 0.4) is 0 Å². The van der Waals surface area contributed by atoms with E-state index >= 15 is 0 Å². The Hall–Kier alpha value is -1.23. The van der Waals surface area contributed by atoms with Crippen LogP contribution in [-0.2, 0) is 6.54 Å². The van der Waals surface area contributed by atoms with Gasteiger partial charge in [0, 0.05) is 17.8 Å². The molecule has 0 amide bonds. The lowest BCUT2D eigenvalue weighted by Gasteiger charge is -2.08. The zero-order chi connectivity index (χ0) is 11.1. The number of alkyl halides is 3. The van der Waals surface area contributed by atoms with E-state index in [4.69, 9.17) is 11.6 Å². The molecule has 0 bridgehead atoms. The molecule has 2 aromatic rings. The Morgan fingerprint density at radius 2 is 2.07 bits per heavy atom. The summed E-state index contributed by atoms with van der Waals surface area (Å²) in [6.45, 7) is -1.02. The van der Waals surface area contributed by atoms with E-state index in [1.807, 2.05) is 0 Å². The van der Waals surface area contributed by atoms with Crippen LogP contribution in [0, 0.1) is 0 Å². The highest BCUT2D eigenvalue weighted by Crippen LogP contribution is 2.25.